The monoisotopic (exact) mass is 392 g/mol. The third-order valence-electron chi connectivity index (χ3n) is 6.04. The summed E-state index contributed by atoms with van der Waals surface area (Å²) in [4.78, 5) is 0. The van der Waals surface area contributed by atoms with Crippen molar-refractivity contribution in [2.24, 2.45) is 5.92 Å². The molecule has 0 unspecified atom stereocenters. The van der Waals surface area contributed by atoms with Crippen molar-refractivity contribution in [2.75, 3.05) is 0 Å². The van der Waals surface area contributed by atoms with Gasteiger partial charge in [0.15, 0.2) is 0 Å². The maximum Gasteiger partial charge on any atom is -0.0351 e. The first-order chi connectivity index (χ1) is 13.8. The first-order valence-electron chi connectivity index (χ1n) is 13.4. The molecular formula is C28H56. The fraction of sp³-hybridized carbons (Fsp3) is 0.929. The van der Waals surface area contributed by atoms with Crippen LogP contribution in [0.5, 0.6) is 0 Å². The highest BCUT2D eigenvalue weighted by atomic mass is 14.0. The van der Waals surface area contributed by atoms with Crippen LogP contribution in [0.2, 0.25) is 0 Å². The van der Waals surface area contributed by atoms with E-state index in [1.165, 1.54) is 141 Å². The summed E-state index contributed by atoms with van der Waals surface area (Å²) < 4.78 is 0. The molecule has 0 saturated carbocycles. The van der Waals surface area contributed by atoms with Crippen LogP contribution in [0.3, 0.4) is 0 Å². The topological polar surface area (TPSA) is 0 Å². The molecule has 0 bridgehead atoms. The highest BCUT2D eigenvalue weighted by molar-refractivity contribution is 4.81. The Kier molecular flexibility index (Phi) is 24.5. The van der Waals surface area contributed by atoms with Gasteiger partial charge in [0, 0.05) is 0 Å². The van der Waals surface area contributed by atoms with Crippen molar-refractivity contribution < 1.29 is 0 Å². The van der Waals surface area contributed by atoms with Crippen LogP contribution in [-0.2, 0) is 0 Å². The molecule has 28 heavy (non-hydrogen) atoms. The van der Waals surface area contributed by atoms with E-state index in [2.05, 4.69) is 32.9 Å². The second-order valence-corrected chi connectivity index (χ2v) is 9.60. The van der Waals surface area contributed by atoms with Crippen LogP contribution in [0.25, 0.3) is 0 Å². The van der Waals surface area contributed by atoms with Crippen LogP contribution in [0.15, 0.2) is 12.2 Å². The third-order valence-corrected chi connectivity index (χ3v) is 6.04. The van der Waals surface area contributed by atoms with Crippen LogP contribution in [0.4, 0.5) is 0 Å². The smallest absolute Gasteiger partial charge is 0.0351 e. The molecular weight excluding hydrogens is 336 g/mol. The van der Waals surface area contributed by atoms with Crippen molar-refractivity contribution in [2.45, 2.75) is 162 Å². The quantitative estimate of drug-likeness (QED) is 0.120. The average molecular weight is 393 g/mol. The van der Waals surface area contributed by atoms with Crippen molar-refractivity contribution in [3.63, 3.8) is 0 Å². The summed E-state index contributed by atoms with van der Waals surface area (Å²) in [7, 11) is 0. The highest BCUT2D eigenvalue weighted by Gasteiger charge is 1.95. The Labute approximate surface area is 180 Å². The van der Waals surface area contributed by atoms with Crippen molar-refractivity contribution in [3.8, 4) is 0 Å². The van der Waals surface area contributed by atoms with Crippen LogP contribution < -0.4 is 0 Å². The molecule has 0 nitrogen and oxygen atoms in total. The lowest BCUT2D eigenvalue weighted by Gasteiger charge is -2.04. The molecule has 168 valence electrons. The van der Waals surface area contributed by atoms with E-state index in [9.17, 15) is 0 Å². The van der Waals surface area contributed by atoms with Crippen LogP contribution in [0.1, 0.15) is 162 Å². The molecule has 0 saturated heterocycles. The van der Waals surface area contributed by atoms with E-state index >= 15 is 0 Å². The van der Waals surface area contributed by atoms with E-state index in [-0.39, 0.29) is 0 Å². The molecule has 0 aromatic carbocycles. The van der Waals surface area contributed by atoms with Crippen molar-refractivity contribution >= 4 is 0 Å². The molecule has 0 aliphatic rings. The predicted molar refractivity (Wildman–Crippen MR) is 131 cm³/mol. The summed E-state index contributed by atoms with van der Waals surface area (Å²) in [5, 5.41) is 0. The van der Waals surface area contributed by atoms with Crippen LogP contribution >= 0.6 is 0 Å². The van der Waals surface area contributed by atoms with Crippen LogP contribution in [-0.4, -0.2) is 0 Å². The number of hydrogen-bond donors (Lipinski definition) is 0. The van der Waals surface area contributed by atoms with Gasteiger partial charge in [0.1, 0.15) is 0 Å². The van der Waals surface area contributed by atoms with E-state index in [0.717, 1.165) is 5.92 Å². The molecule has 0 radical (unpaired) electrons. The molecule has 0 aromatic heterocycles. The lowest BCUT2D eigenvalue weighted by Crippen LogP contribution is -1.87. The normalized spacial score (nSPS) is 11.9. The number of hydrogen-bond acceptors (Lipinski definition) is 0. The molecule has 0 N–H and O–H groups in total. The van der Waals surface area contributed by atoms with Gasteiger partial charge >= 0.3 is 0 Å². The zero-order chi connectivity index (χ0) is 20.5. The van der Waals surface area contributed by atoms with Crippen LogP contribution in [0, 0.1) is 5.92 Å². The predicted octanol–water partition coefficient (Wildman–Crippen LogP) is 10.8. The Hall–Kier alpha value is -0.260. The first-order valence-corrected chi connectivity index (χ1v) is 13.4. The summed E-state index contributed by atoms with van der Waals surface area (Å²) >= 11 is 0. The van der Waals surface area contributed by atoms with Gasteiger partial charge in [-0.3, -0.25) is 0 Å². The summed E-state index contributed by atoms with van der Waals surface area (Å²) in [5.74, 6) is 0.892. The van der Waals surface area contributed by atoms with E-state index in [1.807, 2.05) is 0 Å². The number of allylic oxidation sites excluding steroid dienone is 2. The maximum absolute atomic E-state index is 2.45. The fourth-order valence-electron chi connectivity index (χ4n) is 4.04. The second-order valence-electron chi connectivity index (χ2n) is 9.60. The molecule has 0 rings (SSSR count). The van der Waals surface area contributed by atoms with Gasteiger partial charge in [-0.25, -0.2) is 0 Å². The van der Waals surface area contributed by atoms with E-state index in [0.29, 0.717) is 0 Å². The van der Waals surface area contributed by atoms with Gasteiger partial charge in [-0.05, 0) is 31.6 Å². The zero-order valence-corrected chi connectivity index (χ0v) is 20.3. The van der Waals surface area contributed by atoms with Gasteiger partial charge in [0.25, 0.3) is 0 Å². The second kappa shape index (κ2) is 24.8. The minimum Gasteiger partial charge on any atom is -0.0885 e. The minimum atomic E-state index is 0.892. The Morgan fingerprint density at radius 2 is 0.750 bits per heavy atom. The maximum atomic E-state index is 2.45. The van der Waals surface area contributed by atoms with Gasteiger partial charge in [0.05, 0.1) is 0 Å². The molecule has 0 amide bonds. The van der Waals surface area contributed by atoms with Crippen molar-refractivity contribution in [1.82, 2.24) is 0 Å². The molecule has 0 aliphatic carbocycles. The lowest BCUT2D eigenvalue weighted by molar-refractivity contribution is 0.507. The van der Waals surface area contributed by atoms with Gasteiger partial charge in [-0.1, -0.05) is 148 Å². The number of rotatable bonds is 23. The third kappa shape index (κ3) is 25.7. The molecule has 0 aromatic rings. The Morgan fingerprint density at radius 3 is 1.11 bits per heavy atom. The Balaban J connectivity index is 3.07. The van der Waals surface area contributed by atoms with Crippen molar-refractivity contribution in [1.29, 1.82) is 0 Å². The molecule has 0 aliphatic heterocycles. The SMILES string of the molecule is CCCCCCCCCCCCC/C=C\CCCCCCCCCCC(C)C. The summed E-state index contributed by atoms with van der Waals surface area (Å²) in [5.41, 5.74) is 0. The highest BCUT2D eigenvalue weighted by Crippen LogP contribution is 2.14. The summed E-state index contributed by atoms with van der Waals surface area (Å²) in [6.07, 6.45) is 36.5. The standard InChI is InChI=1S/C28H56/c1-4-5-6-7-8-9-10-11-12-13-14-15-16-17-18-19-20-21-22-23-24-25-26-27-28(2)3/h16-17,28H,4-15,18-27H2,1-3H3/b17-16-. The van der Waals surface area contributed by atoms with E-state index < -0.39 is 0 Å². The average Bonchev–Trinajstić information content (AvgIpc) is 2.68. The number of unbranched alkanes of at least 4 members (excludes halogenated alkanes) is 19. The molecule has 0 heterocycles. The minimum absolute atomic E-state index is 0.892. The summed E-state index contributed by atoms with van der Waals surface area (Å²) in [6.45, 7) is 6.98. The molecule has 0 atom stereocenters. The van der Waals surface area contributed by atoms with Gasteiger partial charge in [0.2, 0.25) is 0 Å². The first kappa shape index (κ1) is 27.7. The fourth-order valence-corrected chi connectivity index (χ4v) is 4.04. The zero-order valence-electron chi connectivity index (χ0n) is 20.3. The Bertz CT molecular complexity index is 288. The Morgan fingerprint density at radius 1 is 0.429 bits per heavy atom. The van der Waals surface area contributed by atoms with E-state index in [1.54, 1.807) is 0 Å². The van der Waals surface area contributed by atoms with Gasteiger partial charge in [-0.2, -0.15) is 0 Å². The van der Waals surface area contributed by atoms with Gasteiger partial charge < -0.3 is 0 Å². The molecule has 0 heteroatoms. The molecule has 0 spiro atoms. The van der Waals surface area contributed by atoms with E-state index in [4.69, 9.17) is 0 Å². The largest absolute Gasteiger partial charge is 0.0885 e. The molecule has 0 fully saturated rings. The summed E-state index contributed by atoms with van der Waals surface area (Å²) in [6, 6.07) is 0. The van der Waals surface area contributed by atoms with Crippen molar-refractivity contribution in [3.05, 3.63) is 12.2 Å². The van der Waals surface area contributed by atoms with Gasteiger partial charge in [-0.15, -0.1) is 0 Å². The lowest BCUT2D eigenvalue weighted by atomic mass is 10.0.